The fourth-order valence-corrected chi connectivity index (χ4v) is 7.21. The highest BCUT2D eigenvalue weighted by molar-refractivity contribution is 6.03. The van der Waals surface area contributed by atoms with Gasteiger partial charge in [0.15, 0.2) is 5.82 Å². The van der Waals surface area contributed by atoms with E-state index in [0.717, 1.165) is 52.3 Å². The van der Waals surface area contributed by atoms with Crippen molar-refractivity contribution in [2.24, 2.45) is 0 Å². The van der Waals surface area contributed by atoms with Gasteiger partial charge in [0.25, 0.3) is 0 Å². The number of pyridine rings is 1. The molecular formula is C33H35F2N5O5. The van der Waals surface area contributed by atoms with Crippen molar-refractivity contribution in [3.63, 3.8) is 0 Å². The van der Waals surface area contributed by atoms with Crippen LogP contribution >= 0.6 is 0 Å². The molecule has 4 N–H and O–H groups in total. The average molecular weight is 620 g/mol. The Balaban J connectivity index is 0.00000175. The second kappa shape index (κ2) is 12.0. The Morgan fingerprint density at radius 3 is 2.38 bits per heavy atom. The van der Waals surface area contributed by atoms with Crippen LogP contribution in [-0.2, 0) is 0 Å². The number of aromatic hydroxyl groups is 1. The van der Waals surface area contributed by atoms with Gasteiger partial charge < -0.3 is 30.1 Å². The fraction of sp³-hybridized carbons (Fsp3) is 0.424. The molecule has 0 radical (unpaired) electrons. The SMILES string of the molecule is C#Cc1c(F)ccc2cc(O)cc(-c3ncc4c(N5CCCCC5)nc(OC(O)(O)C56CCCN5CCC6)nc4c3F)c12.CO. The zero-order valence-corrected chi connectivity index (χ0v) is 24.9. The van der Waals surface area contributed by atoms with E-state index in [9.17, 15) is 19.7 Å². The molecular weight excluding hydrogens is 584 g/mol. The van der Waals surface area contributed by atoms with Crippen molar-refractivity contribution in [2.45, 2.75) is 56.5 Å². The minimum absolute atomic E-state index is 0.0863. The first-order valence-electron chi connectivity index (χ1n) is 15.1. The largest absolute Gasteiger partial charge is 0.508 e. The number of phenolic OH excluding ortho intramolecular Hbond substituents is 1. The number of phenols is 1. The lowest BCUT2D eigenvalue weighted by molar-refractivity contribution is -0.349. The van der Waals surface area contributed by atoms with E-state index in [1.54, 1.807) is 0 Å². The van der Waals surface area contributed by atoms with E-state index in [0.29, 0.717) is 42.5 Å². The van der Waals surface area contributed by atoms with Crippen LogP contribution in [0.1, 0.15) is 50.5 Å². The fourth-order valence-electron chi connectivity index (χ4n) is 7.21. The zero-order valence-electron chi connectivity index (χ0n) is 24.9. The number of ether oxygens (including phenoxy) is 1. The number of hydrogen-bond acceptors (Lipinski definition) is 10. The van der Waals surface area contributed by atoms with Gasteiger partial charge in [0.2, 0.25) is 0 Å². The number of aromatic nitrogens is 3. The number of nitrogens with zero attached hydrogens (tertiary/aromatic N) is 5. The minimum atomic E-state index is -2.61. The molecule has 0 unspecified atom stereocenters. The number of hydrogen-bond donors (Lipinski definition) is 4. The Morgan fingerprint density at radius 2 is 1.69 bits per heavy atom. The van der Waals surface area contributed by atoms with Gasteiger partial charge in [0.1, 0.15) is 34.1 Å². The Kier molecular flexibility index (Phi) is 8.22. The molecule has 0 bridgehead atoms. The molecule has 3 aliphatic rings. The topological polar surface area (TPSA) is 135 Å². The van der Waals surface area contributed by atoms with E-state index < -0.39 is 23.1 Å². The first-order chi connectivity index (χ1) is 21.7. The Morgan fingerprint density at radius 1 is 0.978 bits per heavy atom. The number of piperidine rings is 1. The lowest BCUT2D eigenvalue weighted by atomic mass is 9.91. The number of aliphatic hydroxyl groups excluding tert-OH is 1. The quantitative estimate of drug-likeness (QED) is 0.191. The maximum absolute atomic E-state index is 16.6. The summed E-state index contributed by atoms with van der Waals surface area (Å²) >= 11 is 0. The van der Waals surface area contributed by atoms with Gasteiger partial charge in [-0.05, 0) is 81.6 Å². The monoisotopic (exact) mass is 619 g/mol. The van der Waals surface area contributed by atoms with Crippen LogP contribution in [0.4, 0.5) is 14.6 Å². The summed E-state index contributed by atoms with van der Waals surface area (Å²) < 4.78 is 37.2. The molecule has 4 aromatic rings. The van der Waals surface area contributed by atoms with E-state index in [1.807, 2.05) is 9.80 Å². The standard InChI is InChI=1S/C32H31F2N5O4.CH4O/c1-2-21-24(33)9-8-19-16-20(40)17-22(25(19)21)27-26(34)28-23(18-35-27)29(38-12-4-3-5-13-38)37-30(36-28)43-32(41,42)31-10-6-14-39(31)15-7-11-31;1-2/h1,8-9,16-18,40-42H,3-7,10-15H2;2H,1H3. The van der Waals surface area contributed by atoms with Gasteiger partial charge in [0.05, 0.1) is 10.9 Å². The molecule has 3 aliphatic heterocycles. The molecule has 3 fully saturated rings. The Bertz CT molecular complexity index is 1790. The summed E-state index contributed by atoms with van der Waals surface area (Å²) in [5, 5.41) is 41.1. The van der Waals surface area contributed by atoms with Crippen molar-refractivity contribution < 1.29 is 33.9 Å². The molecule has 45 heavy (non-hydrogen) atoms. The first-order valence-corrected chi connectivity index (χ1v) is 15.1. The van der Waals surface area contributed by atoms with Crippen LogP contribution in [-0.4, -0.2) is 85.1 Å². The van der Waals surface area contributed by atoms with Gasteiger partial charge in [-0.2, -0.15) is 9.97 Å². The summed E-state index contributed by atoms with van der Waals surface area (Å²) in [6.45, 7) is 2.79. The highest BCUT2D eigenvalue weighted by Crippen LogP contribution is 2.46. The van der Waals surface area contributed by atoms with Gasteiger partial charge in [0, 0.05) is 37.3 Å². The summed E-state index contributed by atoms with van der Waals surface area (Å²) in [6, 6.07) is 4.96. The molecule has 7 rings (SSSR count). The third kappa shape index (κ3) is 5.10. The Hall–Kier alpha value is -4.15. The maximum atomic E-state index is 16.6. The van der Waals surface area contributed by atoms with Crippen LogP contribution < -0.4 is 9.64 Å². The van der Waals surface area contributed by atoms with Crippen molar-refractivity contribution in [1.29, 1.82) is 0 Å². The number of terminal acetylenes is 1. The summed E-state index contributed by atoms with van der Waals surface area (Å²) in [5.74, 6) is -1.62. The molecule has 2 aromatic carbocycles. The molecule has 236 valence electrons. The van der Waals surface area contributed by atoms with Crippen molar-refractivity contribution in [3.8, 4) is 35.4 Å². The van der Waals surface area contributed by atoms with Crippen LogP contribution in [0.2, 0.25) is 0 Å². The smallest absolute Gasteiger partial charge is 0.343 e. The molecule has 0 amide bonds. The summed E-state index contributed by atoms with van der Waals surface area (Å²) in [5.41, 5.74) is -1.37. The van der Waals surface area contributed by atoms with Gasteiger partial charge >= 0.3 is 12.0 Å². The van der Waals surface area contributed by atoms with Crippen LogP contribution in [0, 0.1) is 24.0 Å². The van der Waals surface area contributed by atoms with E-state index in [-0.39, 0.29) is 39.5 Å². The summed E-state index contributed by atoms with van der Waals surface area (Å²) in [6.07, 6.45) is 12.6. The number of anilines is 1. The van der Waals surface area contributed by atoms with Gasteiger partial charge in [-0.15, -0.1) is 6.42 Å². The molecule has 0 aliphatic carbocycles. The van der Waals surface area contributed by atoms with E-state index in [4.69, 9.17) is 16.3 Å². The summed E-state index contributed by atoms with van der Waals surface area (Å²) in [7, 11) is 1.00. The van der Waals surface area contributed by atoms with Crippen LogP contribution in [0.3, 0.4) is 0 Å². The number of benzene rings is 2. The van der Waals surface area contributed by atoms with Crippen molar-refractivity contribution >= 4 is 27.5 Å². The molecule has 2 aromatic heterocycles. The minimum Gasteiger partial charge on any atom is -0.508 e. The molecule has 10 nitrogen and oxygen atoms in total. The van der Waals surface area contributed by atoms with Crippen molar-refractivity contribution in [3.05, 3.63) is 47.7 Å². The second-order valence-corrected chi connectivity index (χ2v) is 11.7. The molecule has 12 heteroatoms. The van der Waals surface area contributed by atoms with Crippen LogP contribution in [0.15, 0.2) is 30.5 Å². The second-order valence-electron chi connectivity index (χ2n) is 11.7. The van der Waals surface area contributed by atoms with Crippen molar-refractivity contribution in [1.82, 2.24) is 19.9 Å². The predicted octanol–water partition coefficient (Wildman–Crippen LogP) is 4.05. The third-order valence-corrected chi connectivity index (χ3v) is 9.23. The third-order valence-electron chi connectivity index (χ3n) is 9.23. The van der Waals surface area contributed by atoms with E-state index in [2.05, 4.69) is 20.9 Å². The lowest BCUT2D eigenvalue weighted by Crippen LogP contribution is -2.62. The van der Waals surface area contributed by atoms with E-state index >= 15 is 4.39 Å². The number of rotatable bonds is 5. The average Bonchev–Trinajstić information content (AvgIpc) is 3.65. The van der Waals surface area contributed by atoms with E-state index in [1.165, 1.54) is 30.5 Å². The maximum Gasteiger partial charge on any atom is 0.343 e. The number of halogens is 2. The molecule has 5 heterocycles. The number of fused-ring (bicyclic) bond motifs is 3. The normalized spacial score (nSPS) is 18.0. The van der Waals surface area contributed by atoms with Crippen LogP contribution in [0.5, 0.6) is 11.8 Å². The molecule has 0 spiro atoms. The lowest BCUT2D eigenvalue weighted by Gasteiger charge is -2.41. The highest BCUT2D eigenvalue weighted by Gasteiger charge is 2.60. The van der Waals surface area contributed by atoms with Gasteiger partial charge in [-0.1, -0.05) is 12.0 Å². The molecule has 3 saturated heterocycles. The summed E-state index contributed by atoms with van der Waals surface area (Å²) in [4.78, 5) is 17.3. The first kappa shape index (κ1) is 30.9. The highest BCUT2D eigenvalue weighted by atomic mass is 19.1. The van der Waals surface area contributed by atoms with Gasteiger partial charge in [-0.25, -0.2) is 8.78 Å². The molecule has 0 atom stereocenters. The number of aliphatic hydroxyl groups is 3. The zero-order chi connectivity index (χ0) is 31.9. The van der Waals surface area contributed by atoms with Gasteiger partial charge in [-0.3, -0.25) is 9.88 Å². The Labute approximate surface area is 258 Å². The predicted molar refractivity (Wildman–Crippen MR) is 165 cm³/mol. The van der Waals surface area contributed by atoms with Crippen LogP contribution in [0.25, 0.3) is 32.9 Å². The molecule has 0 saturated carbocycles. The van der Waals surface area contributed by atoms with Crippen molar-refractivity contribution in [2.75, 3.05) is 38.2 Å².